The summed E-state index contributed by atoms with van der Waals surface area (Å²) in [4.78, 5) is 21.1. The number of ether oxygens (including phenoxy) is 1. The summed E-state index contributed by atoms with van der Waals surface area (Å²) >= 11 is 0. The van der Waals surface area contributed by atoms with Crippen LogP contribution in [0.4, 0.5) is 23.7 Å². The van der Waals surface area contributed by atoms with E-state index in [1.54, 1.807) is 17.0 Å². The zero-order valence-electron chi connectivity index (χ0n) is 18.8. The first-order valence-electron chi connectivity index (χ1n) is 11.3. The van der Waals surface area contributed by atoms with E-state index >= 15 is 0 Å². The molecule has 1 saturated heterocycles. The second-order valence-electron chi connectivity index (χ2n) is 8.33. The van der Waals surface area contributed by atoms with Gasteiger partial charge in [-0.2, -0.15) is 13.2 Å². The summed E-state index contributed by atoms with van der Waals surface area (Å²) in [6.07, 6.45) is -4.48. The molecule has 1 fully saturated rings. The highest BCUT2D eigenvalue weighted by atomic mass is 19.4. The summed E-state index contributed by atoms with van der Waals surface area (Å²) in [5, 5.41) is 2.95. The number of benzene rings is 3. The highest BCUT2D eigenvalue weighted by molar-refractivity contribution is 6.03. The number of rotatable bonds is 2. The summed E-state index contributed by atoms with van der Waals surface area (Å²) in [5.41, 5.74) is 1.25. The zero-order chi connectivity index (χ0) is 24.4. The van der Waals surface area contributed by atoms with Crippen LogP contribution in [0, 0.1) is 0 Å². The van der Waals surface area contributed by atoms with Crippen molar-refractivity contribution in [1.82, 2.24) is 15.1 Å². The van der Waals surface area contributed by atoms with Gasteiger partial charge in [-0.3, -0.25) is 0 Å². The number of hydrogen-bond donors (Lipinski definition) is 1. The molecule has 0 spiro atoms. The van der Waals surface area contributed by atoms with Crippen molar-refractivity contribution in [3.8, 4) is 11.5 Å². The third-order valence-corrected chi connectivity index (χ3v) is 6.01. The van der Waals surface area contributed by atoms with Crippen molar-refractivity contribution in [3.63, 3.8) is 0 Å². The number of nitrogens with one attached hydrogen (secondary N) is 1. The minimum Gasteiger partial charge on any atom is -0.454 e. The van der Waals surface area contributed by atoms with Crippen LogP contribution in [0.25, 0.3) is 0 Å². The number of para-hydroxylation sites is 1. The van der Waals surface area contributed by atoms with Crippen LogP contribution < -0.4 is 10.1 Å². The maximum Gasteiger partial charge on any atom is 0.416 e. The lowest BCUT2D eigenvalue weighted by Crippen LogP contribution is -2.53. The fraction of sp³-hybridized carbons (Fsp3) is 0.231. The summed E-state index contributed by atoms with van der Waals surface area (Å²) in [5.74, 6) is 1.11. The van der Waals surface area contributed by atoms with Crippen molar-refractivity contribution in [3.05, 3.63) is 89.5 Å². The molecule has 2 aliphatic heterocycles. The van der Waals surface area contributed by atoms with Crippen LogP contribution in [0.15, 0.2) is 77.8 Å². The number of piperazine rings is 1. The van der Waals surface area contributed by atoms with Gasteiger partial charge >= 0.3 is 12.2 Å². The van der Waals surface area contributed by atoms with Gasteiger partial charge in [0.25, 0.3) is 0 Å². The number of aliphatic imine (C=N–C) groups is 1. The zero-order valence-corrected chi connectivity index (χ0v) is 18.8. The molecule has 0 bridgehead atoms. The largest absolute Gasteiger partial charge is 0.454 e. The number of carbonyl (C=O) groups is 1. The van der Waals surface area contributed by atoms with Crippen LogP contribution in [-0.4, -0.2) is 47.8 Å². The number of fused-ring (bicyclic) bond motifs is 2. The molecule has 0 aliphatic carbocycles. The first kappa shape index (κ1) is 22.8. The van der Waals surface area contributed by atoms with Crippen LogP contribution >= 0.6 is 0 Å². The molecule has 0 radical (unpaired) electrons. The second-order valence-corrected chi connectivity index (χ2v) is 8.33. The van der Waals surface area contributed by atoms with Gasteiger partial charge in [-0.25, -0.2) is 9.79 Å². The van der Waals surface area contributed by atoms with Crippen LogP contribution in [-0.2, 0) is 12.7 Å². The second kappa shape index (κ2) is 9.32. The molecule has 0 aromatic heterocycles. The van der Waals surface area contributed by atoms with E-state index in [1.807, 2.05) is 47.4 Å². The van der Waals surface area contributed by atoms with E-state index in [4.69, 9.17) is 9.73 Å². The fourth-order valence-corrected chi connectivity index (χ4v) is 4.15. The molecule has 0 atom stereocenters. The molecule has 2 aliphatic rings. The number of amides is 2. The molecule has 2 amide bonds. The number of amidine groups is 1. The van der Waals surface area contributed by atoms with E-state index in [2.05, 4.69) is 5.32 Å². The number of hydrogen-bond acceptors (Lipinski definition) is 4. The lowest BCUT2D eigenvalue weighted by atomic mass is 10.1. The third kappa shape index (κ3) is 4.94. The van der Waals surface area contributed by atoms with Crippen LogP contribution in [0.3, 0.4) is 0 Å². The molecule has 5 rings (SSSR count). The molecule has 6 nitrogen and oxygen atoms in total. The predicted molar refractivity (Wildman–Crippen MR) is 126 cm³/mol. The molecule has 9 heteroatoms. The Kier molecular flexibility index (Phi) is 6.07. The highest BCUT2D eigenvalue weighted by Crippen LogP contribution is 2.41. The van der Waals surface area contributed by atoms with E-state index in [0.29, 0.717) is 55.6 Å². The van der Waals surface area contributed by atoms with Gasteiger partial charge in [-0.05, 0) is 35.9 Å². The lowest BCUT2D eigenvalue weighted by Gasteiger charge is -2.36. The lowest BCUT2D eigenvalue weighted by molar-refractivity contribution is -0.137. The van der Waals surface area contributed by atoms with Crippen LogP contribution in [0.5, 0.6) is 11.5 Å². The predicted octanol–water partition coefficient (Wildman–Crippen LogP) is 5.42. The summed E-state index contributed by atoms with van der Waals surface area (Å²) in [6.45, 7) is 2.49. The van der Waals surface area contributed by atoms with E-state index in [0.717, 1.165) is 17.7 Å². The van der Waals surface area contributed by atoms with Gasteiger partial charge < -0.3 is 19.9 Å². The molecule has 3 aromatic carbocycles. The molecule has 3 aromatic rings. The smallest absolute Gasteiger partial charge is 0.416 e. The van der Waals surface area contributed by atoms with Gasteiger partial charge in [0, 0.05) is 32.7 Å². The van der Waals surface area contributed by atoms with Crippen molar-refractivity contribution in [2.24, 2.45) is 4.99 Å². The van der Waals surface area contributed by atoms with Crippen molar-refractivity contribution in [2.45, 2.75) is 12.7 Å². The number of urea groups is 1. The molecule has 0 saturated carbocycles. The van der Waals surface area contributed by atoms with E-state index in [9.17, 15) is 18.0 Å². The van der Waals surface area contributed by atoms with Crippen molar-refractivity contribution in [1.29, 1.82) is 0 Å². The maximum absolute atomic E-state index is 13.2. The van der Waals surface area contributed by atoms with Gasteiger partial charge in [0.1, 0.15) is 17.3 Å². The van der Waals surface area contributed by atoms with Crippen molar-refractivity contribution >= 4 is 17.6 Å². The molecule has 35 heavy (non-hydrogen) atoms. The summed E-state index contributed by atoms with van der Waals surface area (Å²) in [6, 6.07) is 20.0. The fourth-order valence-electron chi connectivity index (χ4n) is 4.15. The first-order chi connectivity index (χ1) is 16.9. The minimum atomic E-state index is -4.48. The van der Waals surface area contributed by atoms with Gasteiger partial charge in [-0.1, -0.05) is 42.5 Å². The highest BCUT2D eigenvalue weighted by Gasteiger charge is 2.33. The Morgan fingerprint density at radius 3 is 2.37 bits per heavy atom. The number of nitrogens with zero attached hydrogens (tertiary/aromatic N) is 3. The van der Waals surface area contributed by atoms with Gasteiger partial charge in [0.15, 0.2) is 5.75 Å². The monoisotopic (exact) mass is 480 g/mol. The topological polar surface area (TPSA) is 57.2 Å². The SMILES string of the molecule is O=C(NCc1ccccc1)N1CCN(C2=Nc3ccc(C(F)(F)F)cc3Oc3ccccc32)CC1. The Bertz CT molecular complexity index is 1250. The van der Waals surface area contributed by atoms with Crippen LogP contribution in [0.1, 0.15) is 16.7 Å². The Balaban J connectivity index is 1.34. The normalized spacial score (nSPS) is 15.3. The summed E-state index contributed by atoms with van der Waals surface area (Å²) in [7, 11) is 0. The van der Waals surface area contributed by atoms with Crippen molar-refractivity contribution < 1.29 is 22.7 Å². The Labute approximate surface area is 200 Å². The quantitative estimate of drug-likeness (QED) is 0.533. The third-order valence-electron chi connectivity index (χ3n) is 6.01. The number of alkyl halides is 3. The number of carbonyl (C=O) groups excluding carboxylic acids is 1. The molecule has 180 valence electrons. The van der Waals surface area contributed by atoms with Crippen LogP contribution in [0.2, 0.25) is 0 Å². The van der Waals surface area contributed by atoms with Crippen molar-refractivity contribution in [2.75, 3.05) is 26.2 Å². The van der Waals surface area contributed by atoms with Gasteiger partial charge in [0.05, 0.1) is 11.1 Å². The molecule has 0 unspecified atom stereocenters. The Morgan fingerprint density at radius 1 is 0.914 bits per heavy atom. The molecular weight excluding hydrogens is 457 g/mol. The Morgan fingerprint density at radius 2 is 1.63 bits per heavy atom. The maximum atomic E-state index is 13.2. The first-order valence-corrected chi connectivity index (χ1v) is 11.3. The molecular formula is C26H23F3N4O2. The van der Waals surface area contributed by atoms with E-state index in [1.165, 1.54) is 6.07 Å². The minimum absolute atomic E-state index is 0.0567. The summed E-state index contributed by atoms with van der Waals surface area (Å²) < 4.78 is 45.6. The van der Waals surface area contributed by atoms with E-state index in [-0.39, 0.29) is 11.8 Å². The average Bonchev–Trinajstić information content (AvgIpc) is 3.04. The molecule has 1 N–H and O–H groups in total. The Hall–Kier alpha value is -4.01. The molecule has 2 heterocycles. The number of halogens is 3. The van der Waals surface area contributed by atoms with Gasteiger partial charge in [0.2, 0.25) is 0 Å². The van der Waals surface area contributed by atoms with E-state index < -0.39 is 11.7 Å². The van der Waals surface area contributed by atoms with Gasteiger partial charge in [-0.15, -0.1) is 0 Å². The standard InChI is InChI=1S/C26H23F3N4O2/c27-26(28,29)19-10-11-21-23(16-19)35-22-9-5-4-8-20(22)24(31-21)32-12-14-33(15-13-32)25(34)30-17-18-6-2-1-3-7-18/h1-11,16H,12-15,17H2,(H,30,34). The average molecular weight is 480 g/mol.